The van der Waals surface area contributed by atoms with E-state index in [4.69, 9.17) is 4.42 Å². The van der Waals surface area contributed by atoms with E-state index in [-0.39, 0.29) is 11.2 Å². The monoisotopic (exact) mass is 320 g/mol. The number of amides is 1. The van der Waals surface area contributed by atoms with Crippen LogP contribution in [0.3, 0.4) is 0 Å². The number of furan rings is 1. The van der Waals surface area contributed by atoms with Crippen molar-refractivity contribution in [3.8, 4) is 11.6 Å². The largest absolute Gasteiger partial charge is 0.461 e. The van der Waals surface area contributed by atoms with Crippen molar-refractivity contribution in [2.45, 2.75) is 49.1 Å². The number of carbonyl (C=O) groups excluding carboxylic acids is 1. The molecule has 1 atom stereocenters. The molecule has 1 saturated carbocycles. The predicted molar refractivity (Wildman–Crippen MR) is 84.4 cm³/mol. The lowest BCUT2D eigenvalue weighted by Gasteiger charge is -2.15. The molecule has 0 aliphatic heterocycles. The van der Waals surface area contributed by atoms with Crippen molar-refractivity contribution < 1.29 is 9.21 Å². The van der Waals surface area contributed by atoms with E-state index in [0.29, 0.717) is 22.8 Å². The normalized spacial score (nSPS) is 16.8. The molecular formula is C15H20N4O2S. The summed E-state index contributed by atoms with van der Waals surface area (Å²) >= 11 is 1.42. The summed E-state index contributed by atoms with van der Waals surface area (Å²) in [4.78, 5) is 12.2. The molecule has 6 nitrogen and oxygen atoms in total. The van der Waals surface area contributed by atoms with Crippen LogP contribution in [0.1, 0.15) is 32.6 Å². The Morgan fingerprint density at radius 1 is 1.45 bits per heavy atom. The molecule has 1 N–H and O–H groups in total. The number of thioether (sulfide) groups is 1. The number of hydrogen-bond acceptors (Lipinski definition) is 5. The van der Waals surface area contributed by atoms with Crippen LogP contribution in [-0.2, 0) is 11.8 Å². The summed E-state index contributed by atoms with van der Waals surface area (Å²) in [5, 5.41) is 11.9. The Morgan fingerprint density at radius 2 is 2.23 bits per heavy atom. The van der Waals surface area contributed by atoms with Crippen molar-refractivity contribution in [1.29, 1.82) is 0 Å². The second-order valence-electron chi connectivity index (χ2n) is 5.59. The second-order valence-corrected chi connectivity index (χ2v) is 6.90. The van der Waals surface area contributed by atoms with E-state index < -0.39 is 0 Å². The average molecular weight is 320 g/mol. The van der Waals surface area contributed by atoms with Gasteiger partial charge in [0.1, 0.15) is 0 Å². The highest BCUT2D eigenvalue weighted by molar-refractivity contribution is 8.00. The fraction of sp³-hybridized carbons (Fsp3) is 0.533. The van der Waals surface area contributed by atoms with Gasteiger partial charge in [-0.25, -0.2) is 0 Å². The fourth-order valence-electron chi connectivity index (χ4n) is 2.64. The van der Waals surface area contributed by atoms with Gasteiger partial charge in [-0.3, -0.25) is 4.79 Å². The maximum atomic E-state index is 12.2. The van der Waals surface area contributed by atoms with Gasteiger partial charge in [-0.2, -0.15) is 0 Å². The zero-order chi connectivity index (χ0) is 15.5. The summed E-state index contributed by atoms with van der Waals surface area (Å²) in [7, 11) is 1.88. The van der Waals surface area contributed by atoms with Crippen LogP contribution in [0, 0.1) is 0 Å². The predicted octanol–water partition coefficient (Wildman–Crippen LogP) is 2.61. The number of rotatable bonds is 5. The van der Waals surface area contributed by atoms with E-state index in [1.807, 2.05) is 30.7 Å². The first-order chi connectivity index (χ1) is 10.6. The average Bonchev–Trinajstić information content (AvgIpc) is 3.22. The number of hydrogen-bond donors (Lipinski definition) is 1. The maximum absolute atomic E-state index is 12.2. The third-order valence-electron chi connectivity index (χ3n) is 3.93. The van der Waals surface area contributed by atoms with Crippen molar-refractivity contribution in [3.63, 3.8) is 0 Å². The molecule has 22 heavy (non-hydrogen) atoms. The molecular weight excluding hydrogens is 300 g/mol. The van der Waals surface area contributed by atoms with Crippen LogP contribution in [-0.4, -0.2) is 32.0 Å². The van der Waals surface area contributed by atoms with Gasteiger partial charge < -0.3 is 14.3 Å². The fourth-order valence-corrected chi connectivity index (χ4v) is 3.46. The van der Waals surface area contributed by atoms with Crippen LogP contribution in [0.5, 0.6) is 0 Å². The van der Waals surface area contributed by atoms with Crippen molar-refractivity contribution in [3.05, 3.63) is 18.4 Å². The van der Waals surface area contributed by atoms with Gasteiger partial charge in [0, 0.05) is 13.1 Å². The molecule has 1 aliphatic carbocycles. The third kappa shape index (κ3) is 3.19. The smallest absolute Gasteiger partial charge is 0.233 e. The van der Waals surface area contributed by atoms with Gasteiger partial charge >= 0.3 is 0 Å². The highest BCUT2D eigenvalue weighted by atomic mass is 32.2. The lowest BCUT2D eigenvalue weighted by molar-refractivity contribution is -0.120. The molecule has 1 fully saturated rings. The minimum Gasteiger partial charge on any atom is -0.461 e. The lowest BCUT2D eigenvalue weighted by atomic mass is 10.2. The summed E-state index contributed by atoms with van der Waals surface area (Å²) in [6.45, 7) is 1.90. The van der Waals surface area contributed by atoms with E-state index in [0.717, 1.165) is 12.8 Å². The van der Waals surface area contributed by atoms with E-state index >= 15 is 0 Å². The topological polar surface area (TPSA) is 73.0 Å². The summed E-state index contributed by atoms with van der Waals surface area (Å²) in [5.74, 6) is 1.40. The van der Waals surface area contributed by atoms with Crippen LogP contribution in [0.4, 0.5) is 0 Å². The minimum absolute atomic E-state index is 0.0689. The van der Waals surface area contributed by atoms with Gasteiger partial charge in [0.2, 0.25) is 5.91 Å². The first-order valence-electron chi connectivity index (χ1n) is 7.55. The van der Waals surface area contributed by atoms with Crippen molar-refractivity contribution in [2.24, 2.45) is 7.05 Å². The molecule has 2 aromatic heterocycles. The standard InChI is InChI=1S/C15H20N4O2S/c1-10(14(20)16-11-6-3-4-7-11)22-15-18-17-13(19(15)2)12-8-5-9-21-12/h5,8-11H,3-4,6-7H2,1-2H3,(H,16,20)/t10-/m1/s1. The molecule has 0 bridgehead atoms. The van der Waals surface area contributed by atoms with Gasteiger partial charge in [-0.05, 0) is 31.9 Å². The lowest BCUT2D eigenvalue weighted by Crippen LogP contribution is -2.37. The Labute approximate surface area is 133 Å². The first kappa shape index (κ1) is 15.1. The van der Waals surface area contributed by atoms with Crippen molar-refractivity contribution in [1.82, 2.24) is 20.1 Å². The van der Waals surface area contributed by atoms with Gasteiger partial charge in [-0.1, -0.05) is 24.6 Å². The molecule has 118 valence electrons. The Bertz CT molecular complexity index is 632. The van der Waals surface area contributed by atoms with Gasteiger partial charge in [0.25, 0.3) is 0 Å². The SMILES string of the molecule is C[C@@H](Sc1nnc(-c2ccco2)n1C)C(=O)NC1CCCC1. The molecule has 0 radical (unpaired) electrons. The molecule has 0 aromatic carbocycles. The van der Waals surface area contributed by atoms with Gasteiger partial charge in [0.15, 0.2) is 16.7 Å². The van der Waals surface area contributed by atoms with Crippen LogP contribution < -0.4 is 5.32 Å². The third-order valence-corrected chi connectivity index (χ3v) is 5.06. The Balaban J connectivity index is 1.64. The molecule has 0 unspecified atom stereocenters. The van der Waals surface area contributed by atoms with E-state index in [9.17, 15) is 4.79 Å². The van der Waals surface area contributed by atoms with Crippen LogP contribution in [0.2, 0.25) is 0 Å². The Morgan fingerprint density at radius 3 is 2.91 bits per heavy atom. The molecule has 0 spiro atoms. The highest BCUT2D eigenvalue weighted by Gasteiger charge is 2.23. The molecule has 2 aromatic rings. The van der Waals surface area contributed by atoms with Gasteiger partial charge in [0.05, 0.1) is 11.5 Å². The van der Waals surface area contributed by atoms with Crippen molar-refractivity contribution in [2.75, 3.05) is 0 Å². The minimum atomic E-state index is -0.201. The number of carbonyl (C=O) groups is 1. The summed E-state index contributed by atoms with van der Waals surface area (Å²) in [6.07, 6.45) is 6.21. The number of nitrogens with one attached hydrogen (secondary N) is 1. The number of aromatic nitrogens is 3. The quantitative estimate of drug-likeness (QED) is 0.857. The first-order valence-corrected chi connectivity index (χ1v) is 8.43. The zero-order valence-electron chi connectivity index (χ0n) is 12.8. The molecule has 0 saturated heterocycles. The van der Waals surface area contributed by atoms with Crippen molar-refractivity contribution >= 4 is 17.7 Å². The highest BCUT2D eigenvalue weighted by Crippen LogP contribution is 2.26. The molecule has 2 heterocycles. The molecule has 1 aliphatic rings. The summed E-state index contributed by atoms with van der Waals surface area (Å²) in [6, 6.07) is 4.00. The Hall–Kier alpha value is -1.76. The number of nitrogens with zero attached hydrogens (tertiary/aromatic N) is 3. The van der Waals surface area contributed by atoms with Gasteiger partial charge in [-0.15, -0.1) is 10.2 Å². The van der Waals surface area contributed by atoms with Crippen LogP contribution in [0.25, 0.3) is 11.6 Å². The van der Waals surface area contributed by atoms with Crippen LogP contribution >= 0.6 is 11.8 Å². The van der Waals surface area contributed by atoms with E-state index in [1.165, 1.54) is 24.6 Å². The summed E-state index contributed by atoms with van der Waals surface area (Å²) in [5.41, 5.74) is 0. The summed E-state index contributed by atoms with van der Waals surface area (Å²) < 4.78 is 7.19. The van der Waals surface area contributed by atoms with E-state index in [2.05, 4.69) is 15.5 Å². The maximum Gasteiger partial charge on any atom is 0.233 e. The second kappa shape index (κ2) is 6.56. The van der Waals surface area contributed by atoms with Crippen LogP contribution in [0.15, 0.2) is 28.0 Å². The van der Waals surface area contributed by atoms with E-state index in [1.54, 1.807) is 6.26 Å². The molecule has 3 rings (SSSR count). The zero-order valence-corrected chi connectivity index (χ0v) is 13.6. The molecule has 1 amide bonds. The molecule has 7 heteroatoms. The Kier molecular flexibility index (Phi) is 4.52.